The molecule has 0 saturated heterocycles. The number of pyridine rings is 1. The fraction of sp³-hybridized carbons (Fsp3) is 0.368. The van der Waals surface area contributed by atoms with E-state index in [-0.39, 0.29) is 0 Å². The minimum absolute atomic E-state index is 0.504. The lowest BCUT2D eigenvalue weighted by molar-refractivity contribution is 0.391. The Bertz CT molecular complexity index is 716. The Balaban J connectivity index is 2.08. The molecule has 6 nitrogen and oxygen atoms in total. The molecule has 2 aromatic rings. The summed E-state index contributed by atoms with van der Waals surface area (Å²) in [5.41, 5.74) is 3.16. The second kappa shape index (κ2) is 9.52. The van der Waals surface area contributed by atoms with Crippen LogP contribution in [0.25, 0.3) is 0 Å². The third kappa shape index (κ3) is 5.38. The normalized spacial score (nSPS) is 11.1. The summed E-state index contributed by atoms with van der Waals surface area (Å²) in [6.45, 7) is 6.00. The van der Waals surface area contributed by atoms with Gasteiger partial charge in [-0.3, -0.25) is 4.98 Å². The van der Waals surface area contributed by atoms with Gasteiger partial charge in [0.25, 0.3) is 0 Å². The van der Waals surface area contributed by atoms with E-state index in [1.165, 1.54) is 0 Å². The Morgan fingerprint density at radius 2 is 2.00 bits per heavy atom. The van der Waals surface area contributed by atoms with Gasteiger partial charge < -0.3 is 20.1 Å². The van der Waals surface area contributed by atoms with Crippen molar-refractivity contribution in [3.63, 3.8) is 0 Å². The molecule has 2 N–H and O–H groups in total. The maximum absolute atomic E-state index is 5.43. The maximum atomic E-state index is 5.43. The van der Waals surface area contributed by atoms with Crippen LogP contribution < -0.4 is 20.1 Å². The number of aliphatic imine (C=N–C) groups is 1. The van der Waals surface area contributed by atoms with Crippen LogP contribution in [0.4, 0.5) is 0 Å². The van der Waals surface area contributed by atoms with E-state index in [1.807, 2.05) is 31.2 Å². The number of rotatable bonds is 7. The third-order valence-electron chi connectivity index (χ3n) is 3.79. The number of aryl methyl sites for hydroxylation is 1. The van der Waals surface area contributed by atoms with Crippen LogP contribution in [-0.2, 0) is 13.1 Å². The van der Waals surface area contributed by atoms with Gasteiger partial charge in [-0.15, -0.1) is 0 Å². The standard InChI is InChI=1S/C19H26N4O2/c1-5-20-19(23-13-17-14(2)7-6-10-21-17)22-12-15-8-9-16(24-3)11-18(15)25-4/h6-11H,5,12-13H2,1-4H3,(H2,20,22,23). The Hall–Kier alpha value is -2.76. The van der Waals surface area contributed by atoms with E-state index < -0.39 is 0 Å². The van der Waals surface area contributed by atoms with Gasteiger partial charge in [0.2, 0.25) is 0 Å². The van der Waals surface area contributed by atoms with Crippen LogP contribution in [0.3, 0.4) is 0 Å². The van der Waals surface area contributed by atoms with Crippen LogP contribution >= 0.6 is 0 Å². The zero-order valence-electron chi connectivity index (χ0n) is 15.3. The van der Waals surface area contributed by atoms with Gasteiger partial charge in [-0.1, -0.05) is 6.07 Å². The van der Waals surface area contributed by atoms with Gasteiger partial charge >= 0.3 is 0 Å². The van der Waals surface area contributed by atoms with Gasteiger partial charge in [0.05, 0.1) is 33.0 Å². The molecule has 0 aliphatic rings. The van der Waals surface area contributed by atoms with Gasteiger partial charge in [0, 0.05) is 24.4 Å². The van der Waals surface area contributed by atoms with E-state index in [0.717, 1.165) is 40.8 Å². The summed E-state index contributed by atoms with van der Waals surface area (Å²) in [5.74, 6) is 2.27. The highest BCUT2D eigenvalue weighted by Gasteiger charge is 2.06. The van der Waals surface area contributed by atoms with Crippen LogP contribution in [0.5, 0.6) is 11.5 Å². The van der Waals surface area contributed by atoms with E-state index >= 15 is 0 Å². The van der Waals surface area contributed by atoms with E-state index in [2.05, 4.69) is 33.6 Å². The lowest BCUT2D eigenvalue weighted by Crippen LogP contribution is -2.37. The predicted octanol–water partition coefficient (Wildman–Crippen LogP) is 2.66. The van der Waals surface area contributed by atoms with Crippen molar-refractivity contribution in [1.82, 2.24) is 15.6 Å². The number of guanidine groups is 1. The van der Waals surface area contributed by atoms with Crippen molar-refractivity contribution in [3.8, 4) is 11.5 Å². The summed E-state index contributed by atoms with van der Waals surface area (Å²) in [4.78, 5) is 9.03. The molecule has 6 heteroatoms. The zero-order chi connectivity index (χ0) is 18.1. The SMILES string of the molecule is CCNC(=NCc1ccc(OC)cc1OC)NCc1ncccc1C. The van der Waals surface area contributed by atoms with Crippen molar-refractivity contribution < 1.29 is 9.47 Å². The molecule has 134 valence electrons. The molecular formula is C19H26N4O2. The molecule has 25 heavy (non-hydrogen) atoms. The van der Waals surface area contributed by atoms with Crippen molar-refractivity contribution >= 4 is 5.96 Å². The van der Waals surface area contributed by atoms with Crippen LogP contribution in [-0.4, -0.2) is 31.7 Å². The molecule has 0 spiro atoms. The van der Waals surface area contributed by atoms with Crippen LogP contribution in [0.2, 0.25) is 0 Å². The number of nitrogens with one attached hydrogen (secondary N) is 2. The number of aromatic nitrogens is 1. The topological polar surface area (TPSA) is 67.8 Å². The molecule has 0 radical (unpaired) electrons. The zero-order valence-corrected chi connectivity index (χ0v) is 15.3. The van der Waals surface area contributed by atoms with Crippen molar-refractivity contribution in [2.45, 2.75) is 26.9 Å². The number of methoxy groups -OCH3 is 2. The van der Waals surface area contributed by atoms with Crippen molar-refractivity contribution in [2.75, 3.05) is 20.8 Å². The number of ether oxygens (including phenoxy) is 2. The van der Waals surface area contributed by atoms with E-state index in [9.17, 15) is 0 Å². The molecular weight excluding hydrogens is 316 g/mol. The summed E-state index contributed by atoms with van der Waals surface area (Å²) in [5, 5.41) is 6.57. The lowest BCUT2D eigenvalue weighted by atomic mass is 10.2. The summed E-state index contributed by atoms with van der Waals surface area (Å²) < 4.78 is 10.7. The minimum atomic E-state index is 0.504. The first-order valence-corrected chi connectivity index (χ1v) is 8.31. The molecule has 0 saturated carbocycles. The first-order valence-electron chi connectivity index (χ1n) is 8.31. The first kappa shape index (κ1) is 18.6. The van der Waals surface area contributed by atoms with Crippen molar-refractivity contribution in [3.05, 3.63) is 53.3 Å². The Morgan fingerprint density at radius 1 is 1.16 bits per heavy atom. The Morgan fingerprint density at radius 3 is 2.68 bits per heavy atom. The third-order valence-corrected chi connectivity index (χ3v) is 3.79. The molecule has 0 aliphatic carbocycles. The number of nitrogens with zero attached hydrogens (tertiary/aromatic N) is 2. The first-order chi connectivity index (χ1) is 12.2. The molecule has 0 bridgehead atoms. The van der Waals surface area contributed by atoms with Crippen LogP contribution in [0, 0.1) is 6.92 Å². The fourth-order valence-corrected chi connectivity index (χ4v) is 2.36. The molecule has 0 fully saturated rings. The highest BCUT2D eigenvalue weighted by Crippen LogP contribution is 2.25. The van der Waals surface area contributed by atoms with E-state index in [4.69, 9.17) is 9.47 Å². The number of benzene rings is 1. The predicted molar refractivity (Wildman–Crippen MR) is 100 cm³/mol. The molecule has 0 aliphatic heterocycles. The molecule has 0 unspecified atom stereocenters. The number of hydrogen-bond donors (Lipinski definition) is 2. The summed E-state index contributed by atoms with van der Waals surface area (Å²) >= 11 is 0. The minimum Gasteiger partial charge on any atom is -0.497 e. The van der Waals surface area contributed by atoms with Gasteiger partial charge in [0.1, 0.15) is 11.5 Å². The number of hydrogen-bond acceptors (Lipinski definition) is 4. The van der Waals surface area contributed by atoms with E-state index in [1.54, 1.807) is 20.4 Å². The average Bonchev–Trinajstić information content (AvgIpc) is 2.65. The second-order valence-electron chi connectivity index (χ2n) is 5.49. The van der Waals surface area contributed by atoms with Crippen molar-refractivity contribution in [2.24, 2.45) is 4.99 Å². The van der Waals surface area contributed by atoms with Crippen LogP contribution in [0.15, 0.2) is 41.5 Å². The average molecular weight is 342 g/mol. The maximum Gasteiger partial charge on any atom is 0.191 e. The monoisotopic (exact) mass is 342 g/mol. The van der Waals surface area contributed by atoms with Gasteiger partial charge in [-0.05, 0) is 37.6 Å². The van der Waals surface area contributed by atoms with Gasteiger partial charge in [-0.25, -0.2) is 4.99 Å². The Kier molecular flexibility index (Phi) is 7.07. The van der Waals surface area contributed by atoms with E-state index in [0.29, 0.717) is 13.1 Å². The lowest BCUT2D eigenvalue weighted by Gasteiger charge is -2.13. The van der Waals surface area contributed by atoms with Crippen LogP contribution in [0.1, 0.15) is 23.7 Å². The second-order valence-corrected chi connectivity index (χ2v) is 5.49. The molecule has 0 amide bonds. The highest BCUT2D eigenvalue weighted by molar-refractivity contribution is 5.79. The smallest absolute Gasteiger partial charge is 0.191 e. The molecule has 0 atom stereocenters. The molecule has 1 aromatic heterocycles. The van der Waals surface area contributed by atoms with Crippen molar-refractivity contribution in [1.29, 1.82) is 0 Å². The van der Waals surface area contributed by atoms with Gasteiger partial charge in [0.15, 0.2) is 5.96 Å². The molecule has 1 heterocycles. The molecule has 2 rings (SSSR count). The fourth-order valence-electron chi connectivity index (χ4n) is 2.36. The van der Waals surface area contributed by atoms with Gasteiger partial charge in [-0.2, -0.15) is 0 Å². The highest BCUT2D eigenvalue weighted by atomic mass is 16.5. The largest absolute Gasteiger partial charge is 0.497 e. The summed E-state index contributed by atoms with van der Waals surface area (Å²) in [6, 6.07) is 9.73. The summed E-state index contributed by atoms with van der Waals surface area (Å²) in [6.07, 6.45) is 1.80. The Labute approximate surface area is 149 Å². The summed E-state index contributed by atoms with van der Waals surface area (Å²) in [7, 11) is 3.29. The molecule has 1 aromatic carbocycles. The quantitative estimate of drug-likeness (QED) is 0.598.